The molecule has 0 amide bonds. The number of aromatic carboxylic acids is 1. The van der Waals surface area contributed by atoms with Gasteiger partial charge in [0.2, 0.25) is 0 Å². The number of rotatable bonds is 4. The Morgan fingerprint density at radius 1 is 1.38 bits per heavy atom. The maximum atomic E-state index is 11.1. The molecule has 2 heterocycles. The number of nitrogens with one attached hydrogen (secondary N) is 1. The molecule has 0 spiro atoms. The van der Waals surface area contributed by atoms with Crippen molar-refractivity contribution in [2.45, 2.75) is 6.61 Å². The highest BCUT2D eigenvalue weighted by Gasteiger charge is 2.13. The summed E-state index contributed by atoms with van der Waals surface area (Å²) in [6, 6.07) is 8.41. The van der Waals surface area contributed by atoms with Gasteiger partial charge in [-0.2, -0.15) is 0 Å². The third-order valence-corrected chi connectivity index (χ3v) is 3.08. The number of fused-ring (bicyclic) bond motifs is 1. The molecule has 2 aromatic heterocycles. The number of aromatic amines is 1. The van der Waals surface area contributed by atoms with Crippen molar-refractivity contribution < 1.29 is 14.6 Å². The van der Waals surface area contributed by atoms with Crippen LogP contribution in [0, 0.1) is 0 Å². The van der Waals surface area contributed by atoms with Crippen LogP contribution in [-0.4, -0.2) is 26.0 Å². The Hall–Kier alpha value is -2.60. The van der Waals surface area contributed by atoms with Gasteiger partial charge in [-0.15, -0.1) is 0 Å². The van der Waals surface area contributed by atoms with E-state index < -0.39 is 5.97 Å². The van der Waals surface area contributed by atoms with E-state index in [1.54, 1.807) is 24.3 Å². The molecular weight excluding hydrogens is 294 g/mol. The normalized spacial score (nSPS) is 10.7. The molecule has 0 aliphatic heterocycles. The van der Waals surface area contributed by atoms with Crippen LogP contribution >= 0.6 is 11.6 Å². The number of carboxylic acids is 1. The molecule has 0 bridgehead atoms. The third-order valence-electron chi connectivity index (χ3n) is 2.84. The molecule has 2 N–H and O–H groups in total. The molecule has 106 valence electrons. The van der Waals surface area contributed by atoms with Gasteiger partial charge in [-0.1, -0.05) is 17.7 Å². The molecule has 0 saturated heterocycles. The largest absolute Gasteiger partial charge is 0.486 e. The molecule has 0 saturated carbocycles. The maximum Gasteiger partial charge on any atom is 0.338 e. The van der Waals surface area contributed by atoms with E-state index in [1.807, 2.05) is 0 Å². The van der Waals surface area contributed by atoms with E-state index in [0.29, 0.717) is 27.8 Å². The number of aromatic nitrogens is 3. The summed E-state index contributed by atoms with van der Waals surface area (Å²) in [5.74, 6) is 0.0638. The molecule has 6 nitrogen and oxygen atoms in total. The van der Waals surface area contributed by atoms with E-state index >= 15 is 0 Å². The zero-order valence-electron chi connectivity index (χ0n) is 10.7. The van der Waals surface area contributed by atoms with E-state index in [-0.39, 0.29) is 12.2 Å². The Bertz CT molecular complexity index is 816. The van der Waals surface area contributed by atoms with Crippen molar-refractivity contribution in [1.82, 2.24) is 15.0 Å². The lowest BCUT2D eigenvalue weighted by molar-refractivity contribution is 0.0698. The molecule has 0 radical (unpaired) electrons. The van der Waals surface area contributed by atoms with E-state index in [4.69, 9.17) is 21.4 Å². The van der Waals surface area contributed by atoms with Crippen LogP contribution in [0.4, 0.5) is 0 Å². The second kappa shape index (κ2) is 5.41. The fourth-order valence-electron chi connectivity index (χ4n) is 1.91. The predicted octanol–water partition coefficient (Wildman–Crippen LogP) is 2.89. The fraction of sp³-hybridized carbons (Fsp3) is 0.0714. The Morgan fingerprint density at radius 3 is 3.00 bits per heavy atom. The Balaban J connectivity index is 1.85. The van der Waals surface area contributed by atoms with Crippen LogP contribution in [0.2, 0.25) is 5.02 Å². The van der Waals surface area contributed by atoms with Crippen LogP contribution in [0.25, 0.3) is 11.2 Å². The fourth-order valence-corrected chi connectivity index (χ4v) is 2.09. The van der Waals surface area contributed by atoms with Crippen molar-refractivity contribution in [2.24, 2.45) is 0 Å². The van der Waals surface area contributed by atoms with Gasteiger partial charge < -0.3 is 14.8 Å². The smallest absolute Gasteiger partial charge is 0.338 e. The lowest BCUT2D eigenvalue weighted by Gasteiger charge is -2.03. The lowest BCUT2D eigenvalue weighted by atomic mass is 10.2. The number of imidazole rings is 1. The molecule has 0 atom stereocenters. The van der Waals surface area contributed by atoms with Gasteiger partial charge in [-0.25, -0.2) is 14.8 Å². The molecule has 7 heteroatoms. The second-order valence-electron chi connectivity index (χ2n) is 4.29. The van der Waals surface area contributed by atoms with Crippen molar-refractivity contribution in [3.8, 4) is 5.75 Å². The maximum absolute atomic E-state index is 11.1. The quantitative estimate of drug-likeness (QED) is 0.773. The summed E-state index contributed by atoms with van der Waals surface area (Å²) in [5, 5.41) is 9.68. The minimum atomic E-state index is -1.03. The highest BCUT2D eigenvalue weighted by atomic mass is 35.5. The van der Waals surface area contributed by atoms with Gasteiger partial charge >= 0.3 is 5.97 Å². The summed E-state index contributed by atoms with van der Waals surface area (Å²) in [6.45, 7) is 0.162. The number of H-pyrrole nitrogens is 1. The standard InChI is InChI=1S/C14H10ClN3O3/c15-8-2-1-3-9(6-8)21-7-11-17-12-10(14(19)20)4-5-16-13(12)18-11/h1-6H,7H2,(H,19,20)(H,16,17,18). The van der Waals surface area contributed by atoms with Gasteiger partial charge in [0, 0.05) is 11.2 Å². The summed E-state index contributed by atoms with van der Waals surface area (Å²) in [7, 11) is 0. The molecule has 21 heavy (non-hydrogen) atoms. The van der Waals surface area contributed by atoms with Crippen molar-refractivity contribution in [3.05, 3.63) is 52.9 Å². The molecule has 1 aromatic carbocycles. The Morgan fingerprint density at radius 2 is 2.24 bits per heavy atom. The number of halogens is 1. The summed E-state index contributed by atoms with van der Waals surface area (Å²) in [5.41, 5.74) is 0.857. The van der Waals surface area contributed by atoms with Gasteiger partial charge in [0.15, 0.2) is 5.65 Å². The number of ether oxygens (including phenoxy) is 1. The SMILES string of the molecule is O=C(O)c1ccnc2nc(COc3cccc(Cl)c3)[nH]c12. The zero-order chi connectivity index (χ0) is 14.8. The third kappa shape index (κ3) is 2.80. The topological polar surface area (TPSA) is 88.1 Å². The number of carbonyl (C=O) groups is 1. The highest BCUT2D eigenvalue weighted by molar-refractivity contribution is 6.30. The first-order chi connectivity index (χ1) is 10.1. The van der Waals surface area contributed by atoms with E-state index in [2.05, 4.69) is 15.0 Å². The zero-order valence-corrected chi connectivity index (χ0v) is 11.5. The monoisotopic (exact) mass is 303 g/mol. The number of hydrogen-bond donors (Lipinski definition) is 2. The number of nitrogens with zero attached hydrogens (tertiary/aromatic N) is 2. The summed E-state index contributed by atoms with van der Waals surface area (Å²) >= 11 is 5.87. The minimum absolute atomic E-state index is 0.126. The minimum Gasteiger partial charge on any atom is -0.486 e. The molecule has 0 aliphatic rings. The Kier molecular flexibility index (Phi) is 3.45. The van der Waals surface area contributed by atoms with Crippen LogP contribution in [-0.2, 0) is 6.61 Å². The van der Waals surface area contributed by atoms with E-state index in [0.717, 1.165) is 0 Å². The molecule has 3 aromatic rings. The van der Waals surface area contributed by atoms with Crippen molar-refractivity contribution in [2.75, 3.05) is 0 Å². The van der Waals surface area contributed by atoms with E-state index in [9.17, 15) is 4.79 Å². The summed E-state index contributed by atoms with van der Waals surface area (Å²) in [6.07, 6.45) is 1.41. The summed E-state index contributed by atoms with van der Waals surface area (Å²) < 4.78 is 5.55. The van der Waals surface area contributed by atoms with Gasteiger partial charge in [0.1, 0.15) is 18.2 Å². The van der Waals surface area contributed by atoms with Crippen LogP contribution in [0.3, 0.4) is 0 Å². The van der Waals surface area contributed by atoms with Crippen molar-refractivity contribution >= 4 is 28.7 Å². The van der Waals surface area contributed by atoms with Crippen molar-refractivity contribution in [3.63, 3.8) is 0 Å². The number of benzene rings is 1. The van der Waals surface area contributed by atoms with Crippen LogP contribution in [0.15, 0.2) is 36.5 Å². The first-order valence-corrected chi connectivity index (χ1v) is 6.46. The average molecular weight is 304 g/mol. The van der Waals surface area contributed by atoms with Gasteiger partial charge in [0.05, 0.1) is 11.1 Å². The van der Waals surface area contributed by atoms with Crippen molar-refractivity contribution in [1.29, 1.82) is 0 Å². The highest BCUT2D eigenvalue weighted by Crippen LogP contribution is 2.19. The van der Waals surface area contributed by atoms with Gasteiger partial charge in [-0.3, -0.25) is 0 Å². The van der Waals surface area contributed by atoms with Crippen LogP contribution in [0.5, 0.6) is 5.75 Å². The molecule has 3 rings (SSSR count). The first-order valence-electron chi connectivity index (χ1n) is 6.09. The summed E-state index contributed by atoms with van der Waals surface area (Å²) in [4.78, 5) is 22.3. The first kappa shape index (κ1) is 13.4. The number of pyridine rings is 1. The molecule has 0 unspecified atom stereocenters. The predicted molar refractivity (Wildman–Crippen MR) is 76.6 cm³/mol. The van der Waals surface area contributed by atoms with Gasteiger partial charge in [0.25, 0.3) is 0 Å². The van der Waals surface area contributed by atoms with Gasteiger partial charge in [-0.05, 0) is 24.3 Å². The molecular formula is C14H10ClN3O3. The molecule has 0 fully saturated rings. The average Bonchev–Trinajstić information content (AvgIpc) is 2.87. The van der Waals surface area contributed by atoms with E-state index in [1.165, 1.54) is 12.3 Å². The van der Waals surface area contributed by atoms with Crippen LogP contribution < -0.4 is 4.74 Å². The molecule has 0 aliphatic carbocycles. The Labute approximate surface area is 124 Å². The number of carboxylic acid groups (broad SMARTS) is 1. The van der Waals surface area contributed by atoms with Crippen LogP contribution in [0.1, 0.15) is 16.2 Å². The second-order valence-corrected chi connectivity index (χ2v) is 4.73. The lowest BCUT2D eigenvalue weighted by Crippen LogP contribution is -1.98. The number of hydrogen-bond acceptors (Lipinski definition) is 4.